The van der Waals surface area contributed by atoms with Gasteiger partial charge in [0.1, 0.15) is 5.76 Å². The lowest BCUT2D eigenvalue weighted by molar-refractivity contribution is -0.157. The Morgan fingerprint density at radius 1 is 1.24 bits per heavy atom. The molecule has 1 aliphatic rings. The average molecular weight is 287 g/mol. The molecular weight excluding hydrogens is 270 g/mol. The van der Waals surface area contributed by atoms with E-state index in [0.717, 1.165) is 11.3 Å². The molecule has 110 valence electrons. The Bertz CT molecular complexity index is 582. The van der Waals surface area contributed by atoms with Crippen LogP contribution in [-0.4, -0.2) is 41.8 Å². The highest BCUT2D eigenvalue weighted by atomic mass is 16.5. The van der Waals surface area contributed by atoms with E-state index in [1.165, 1.54) is 0 Å². The second-order valence-electron chi connectivity index (χ2n) is 5.02. The number of carbonyl (C=O) groups is 1. The van der Waals surface area contributed by atoms with Crippen molar-refractivity contribution in [3.05, 3.63) is 60.1 Å². The maximum atomic E-state index is 11.2. The highest BCUT2D eigenvalue weighted by molar-refractivity contribution is 5.72. The topological polar surface area (TPSA) is 62.9 Å². The standard InChI is InChI=1S/C16H17NO4/c18-16(19)14-11-17(8-10-21-14)15(13-7-4-9-20-13)12-5-2-1-3-6-12/h1-7,9,14-15H,8,10-11H2,(H,18,19). The lowest BCUT2D eigenvalue weighted by Crippen LogP contribution is -2.47. The molecule has 5 nitrogen and oxygen atoms in total. The molecule has 2 heterocycles. The summed E-state index contributed by atoms with van der Waals surface area (Å²) in [5, 5.41) is 9.16. The van der Waals surface area contributed by atoms with Crippen LogP contribution in [0.1, 0.15) is 17.4 Å². The molecule has 2 aromatic rings. The Morgan fingerprint density at radius 3 is 2.71 bits per heavy atom. The minimum atomic E-state index is -0.925. The number of aliphatic carboxylic acids is 1. The van der Waals surface area contributed by atoms with E-state index in [0.29, 0.717) is 19.7 Å². The van der Waals surface area contributed by atoms with Gasteiger partial charge in [-0.25, -0.2) is 4.79 Å². The molecule has 1 aromatic heterocycles. The fourth-order valence-electron chi connectivity index (χ4n) is 2.69. The Kier molecular flexibility index (Phi) is 4.03. The van der Waals surface area contributed by atoms with E-state index in [4.69, 9.17) is 14.3 Å². The summed E-state index contributed by atoms with van der Waals surface area (Å²) in [5.41, 5.74) is 1.08. The zero-order valence-corrected chi connectivity index (χ0v) is 11.5. The van der Waals surface area contributed by atoms with Gasteiger partial charge < -0.3 is 14.3 Å². The molecule has 0 aliphatic carbocycles. The summed E-state index contributed by atoms with van der Waals surface area (Å²) >= 11 is 0. The summed E-state index contributed by atoms with van der Waals surface area (Å²) < 4.78 is 10.9. The number of morpholine rings is 1. The molecule has 1 aliphatic heterocycles. The van der Waals surface area contributed by atoms with E-state index in [-0.39, 0.29) is 6.04 Å². The van der Waals surface area contributed by atoms with Crippen LogP contribution in [-0.2, 0) is 9.53 Å². The Balaban J connectivity index is 1.91. The summed E-state index contributed by atoms with van der Waals surface area (Å²) in [6.07, 6.45) is 0.848. The van der Waals surface area contributed by atoms with E-state index in [1.807, 2.05) is 42.5 Å². The van der Waals surface area contributed by atoms with Crippen LogP contribution in [0.25, 0.3) is 0 Å². The number of nitrogens with zero attached hydrogens (tertiary/aromatic N) is 1. The van der Waals surface area contributed by atoms with Crippen molar-refractivity contribution < 1.29 is 19.1 Å². The van der Waals surface area contributed by atoms with Crippen molar-refractivity contribution in [2.24, 2.45) is 0 Å². The molecular formula is C16H17NO4. The van der Waals surface area contributed by atoms with Crippen LogP contribution in [0.15, 0.2) is 53.1 Å². The van der Waals surface area contributed by atoms with Crippen LogP contribution < -0.4 is 0 Å². The molecule has 2 atom stereocenters. The van der Waals surface area contributed by atoms with Gasteiger partial charge in [-0.3, -0.25) is 4.90 Å². The SMILES string of the molecule is O=C(O)C1CN(C(c2ccccc2)c2ccco2)CCO1. The number of carboxylic acid groups (broad SMARTS) is 1. The van der Waals surface area contributed by atoms with Crippen molar-refractivity contribution >= 4 is 5.97 Å². The first kappa shape index (κ1) is 13.9. The Morgan fingerprint density at radius 2 is 2.05 bits per heavy atom. The quantitative estimate of drug-likeness (QED) is 0.933. The molecule has 3 rings (SSSR count). The fourth-order valence-corrected chi connectivity index (χ4v) is 2.69. The van der Waals surface area contributed by atoms with Gasteiger partial charge in [0.05, 0.1) is 18.9 Å². The molecule has 0 bridgehead atoms. The van der Waals surface area contributed by atoms with Gasteiger partial charge in [-0.15, -0.1) is 0 Å². The maximum Gasteiger partial charge on any atom is 0.334 e. The zero-order chi connectivity index (χ0) is 14.7. The van der Waals surface area contributed by atoms with Crippen molar-refractivity contribution in [2.45, 2.75) is 12.1 Å². The van der Waals surface area contributed by atoms with Gasteiger partial charge in [0.25, 0.3) is 0 Å². The van der Waals surface area contributed by atoms with Gasteiger partial charge in [-0.1, -0.05) is 30.3 Å². The lowest BCUT2D eigenvalue weighted by Gasteiger charge is -2.36. The van der Waals surface area contributed by atoms with E-state index >= 15 is 0 Å². The molecule has 1 saturated heterocycles. The van der Waals surface area contributed by atoms with E-state index in [2.05, 4.69) is 4.90 Å². The summed E-state index contributed by atoms with van der Waals surface area (Å²) in [7, 11) is 0. The van der Waals surface area contributed by atoms with Gasteiger partial charge in [0.15, 0.2) is 6.10 Å². The van der Waals surface area contributed by atoms with Gasteiger partial charge in [0.2, 0.25) is 0 Å². The van der Waals surface area contributed by atoms with E-state index in [1.54, 1.807) is 6.26 Å². The Hall–Kier alpha value is -2.11. The van der Waals surface area contributed by atoms with Crippen molar-refractivity contribution in [1.29, 1.82) is 0 Å². The van der Waals surface area contributed by atoms with Crippen LogP contribution in [0.2, 0.25) is 0 Å². The Labute approximate surface area is 122 Å². The largest absolute Gasteiger partial charge is 0.479 e. The molecule has 2 unspecified atom stereocenters. The van der Waals surface area contributed by atoms with E-state index < -0.39 is 12.1 Å². The number of hydrogen-bond donors (Lipinski definition) is 1. The second-order valence-corrected chi connectivity index (χ2v) is 5.02. The maximum absolute atomic E-state index is 11.2. The smallest absolute Gasteiger partial charge is 0.334 e. The number of rotatable bonds is 4. The fraction of sp³-hybridized carbons (Fsp3) is 0.312. The number of benzene rings is 1. The summed E-state index contributed by atoms with van der Waals surface area (Å²) in [4.78, 5) is 13.3. The summed E-state index contributed by atoms with van der Waals surface area (Å²) in [6.45, 7) is 1.42. The average Bonchev–Trinajstić information content (AvgIpc) is 3.03. The highest BCUT2D eigenvalue weighted by Gasteiger charge is 2.33. The zero-order valence-electron chi connectivity index (χ0n) is 11.5. The lowest BCUT2D eigenvalue weighted by atomic mass is 10.0. The van der Waals surface area contributed by atoms with Crippen LogP contribution in [0.3, 0.4) is 0 Å². The molecule has 1 N–H and O–H groups in total. The molecule has 5 heteroatoms. The summed E-state index contributed by atoms with van der Waals surface area (Å²) in [5.74, 6) is -0.113. The number of ether oxygens (including phenoxy) is 1. The number of furan rings is 1. The predicted octanol–water partition coefficient (Wildman–Crippen LogP) is 2.15. The third kappa shape index (κ3) is 2.99. The van der Waals surface area contributed by atoms with Crippen molar-refractivity contribution in [3.8, 4) is 0 Å². The third-order valence-corrected chi connectivity index (χ3v) is 3.67. The van der Waals surface area contributed by atoms with E-state index in [9.17, 15) is 4.79 Å². The normalized spacial score (nSPS) is 21.0. The molecule has 1 fully saturated rings. The third-order valence-electron chi connectivity index (χ3n) is 3.67. The first-order valence-electron chi connectivity index (χ1n) is 6.92. The van der Waals surface area contributed by atoms with Crippen LogP contribution in [0.5, 0.6) is 0 Å². The molecule has 0 saturated carbocycles. The molecule has 1 aromatic carbocycles. The number of hydrogen-bond acceptors (Lipinski definition) is 4. The van der Waals surface area contributed by atoms with Crippen molar-refractivity contribution in [2.75, 3.05) is 19.7 Å². The molecule has 0 amide bonds. The van der Waals surface area contributed by atoms with Crippen LogP contribution in [0.4, 0.5) is 0 Å². The van der Waals surface area contributed by atoms with Crippen molar-refractivity contribution in [1.82, 2.24) is 4.90 Å². The van der Waals surface area contributed by atoms with Gasteiger partial charge in [-0.05, 0) is 17.7 Å². The first-order chi connectivity index (χ1) is 10.3. The predicted molar refractivity (Wildman–Crippen MR) is 75.9 cm³/mol. The molecule has 0 spiro atoms. The van der Waals surface area contributed by atoms with Crippen LogP contribution in [0, 0.1) is 0 Å². The number of carboxylic acids is 1. The minimum Gasteiger partial charge on any atom is -0.479 e. The minimum absolute atomic E-state index is 0.0908. The van der Waals surface area contributed by atoms with Gasteiger partial charge in [0, 0.05) is 13.1 Å². The van der Waals surface area contributed by atoms with Crippen molar-refractivity contribution in [3.63, 3.8) is 0 Å². The molecule has 21 heavy (non-hydrogen) atoms. The summed E-state index contributed by atoms with van der Waals surface area (Å²) in [6, 6.07) is 13.6. The second kappa shape index (κ2) is 6.11. The molecule has 0 radical (unpaired) electrons. The van der Waals surface area contributed by atoms with Gasteiger partial charge >= 0.3 is 5.97 Å². The highest BCUT2D eigenvalue weighted by Crippen LogP contribution is 2.30. The van der Waals surface area contributed by atoms with Crippen LogP contribution >= 0.6 is 0 Å². The first-order valence-corrected chi connectivity index (χ1v) is 6.92. The van der Waals surface area contributed by atoms with Gasteiger partial charge in [-0.2, -0.15) is 0 Å². The monoisotopic (exact) mass is 287 g/mol.